The maximum Gasteiger partial charge on any atom is 0.266 e. The molecule has 0 spiro atoms. The summed E-state index contributed by atoms with van der Waals surface area (Å²) in [5, 5.41) is 5.47. The molecule has 2 aliphatic rings. The van der Waals surface area contributed by atoms with E-state index in [0.29, 0.717) is 23.3 Å². The molecule has 0 aromatic carbocycles. The van der Waals surface area contributed by atoms with Gasteiger partial charge >= 0.3 is 0 Å². The molecule has 1 unspecified atom stereocenters. The van der Waals surface area contributed by atoms with Gasteiger partial charge in [-0.25, -0.2) is 13.1 Å². The summed E-state index contributed by atoms with van der Waals surface area (Å²) in [6.07, 6.45) is 3.32. The van der Waals surface area contributed by atoms with E-state index in [0.717, 1.165) is 42.0 Å². The molecule has 1 amide bonds. The van der Waals surface area contributed by atoms with Crippen molar-refractivity contribution in [2.45, 2.75) is 25.8 Å². The number of nitrogens with zero attached hydrogens (tertiary/aromatic N) is 5. The molecule has 4 heterocycles. The first-order valence-corrected chi connectivity index (χ1v) is 13.8. The van der Waals surface area contributed by atoms with Gasteiger partial charge in [0.15, 0.2) is 0 Å². The molecule has 1 atom stereocenters. The number of hydrogen-bond acceptors (Lipinski definition) is 7. The molecule has 2 aromatic rings. The number of carbonyl (C=O) groups is 1. The van der Waals surface area contributed by atoms with Gasteiger partial charge in [0, 0.05) is 55.6 Å². The second kappa shape index (κ2) is 10.2. The van der Waals surface area contributed by atoms with Gasteiger partial charge in [0.2, 0.25) is 15.9 Å². The lowest BCUT2D eigenvalue weighted by Gasteiger charge is -2.41. The minimum absolute atomic E-state index is 0.140. The molecule has 0 bridgehead atoms. The van der Waals surface area contributed by atoms with E-state index >= 15 is 0 Å². The van der Waals surface area contributed by atoms with Crippen molar-refractivity contribution < 1.29 is 13.2 Å². The summed E-state index contributed by atoms with van der Waals surface area (Å²) >= 11 is 7.20. The molecular formula is C22H28ClN5O4S2. The molecule has 0 aliphatic carbocycles. The molecule has 0 saturated carbocycles. The van der Waals surface area contributed by atoms with Gasteiger partial charge in [0.05, 0.1) is 10.9 Å². The molecule has 4 rings (SSSR count). The van der Waals surface area contributed by atoms with Gasteiger partial charge in [-0.15, -0.1) is 11.3 Å². The maximum atomic E-state index is 12.8. The Morgan fingerprint density at radius 2 is 1.91 bits per heavy atom. The average Bonchev–Trinajstić information content (AvgIpc) is 3.22. The highest BCUT2D eigenvalue weighted by Crippen LogP contribution is 2.26. The fourth-order valence-corrected chi connectivity index (χ4v) is 6.77. The van der Waals surface area contributed by atoms with Crippen LogP contribution in [0.5, 0.6) is 0 Å². The number of carbonyl (C=O) groups excluding carboxylic acids is 1. The van der Waals surface area contributed by atoms with Crippen molar-refractivity contribution in [3.63, 3.8) is 0 Å². The number of thiophene rings is 1. The smallest absolute Gasteiger partial charge is 0.266 e. The van der Waals surface area contributed by atoms with Gasteiger partial charge in [-0.2, -0.15) is 9.40 Å². The van der Waals surface area contributed by atoms with Crippen LogP contribution in [0.25, 0.3) is 6.08 Å². The molecule has 2 aromatic heterocycles. The Hall–Kier alpha value is -2.21. The number of anilines is 1. The third-order valence-electron chi connectivity index (χ3n) is 6.31. The molecule has 184 valence electrons. The third kappa shape index (κ3) is 5.70. The van der Waals surface area contributed by atoms with E-state index in [-0.39, 0.29) is 24.1 Å². The van der Waals surface area contributed by atoms with Crippen LogP contribution in [-0.2, 0) is 21.9 Å². The Bertz CT molecular complexity index is 1230. The average molecular weight is 526 g/mol. The molecule has 0 N–H and O–H groups in total. The molecule has 0 radical (unpaired) electrons. The predicted octanol–water partition coefficient (Wildman–Crippen LogP) is 2.25. The van der Waals surface area contributed by atoms with Crippen LogP contribution in [0.3, 0.4) is 0 Å². The summed E-state index contributed by atoms with van der Waals surface area (Å²) in [7, 11) is -2.09. The van der Waals surface area contributed by atoms with Crippen molar-refractivity contribution in [3.8, 4) is 0 Å². The van der Waals surface area contributed by atoms with Gasteiger partial charge < -0.3 is 9.80 Å². The van der Waals surface area contributed by atoms with Crippen molar-refractivity contribution in [2.75, 3.05) is 37.6 Å². The quantitative estimate of drug-likeness (QED) is 0.574. The highest BCUT2D eigenvalue weighted by molar-refractivity contribution is 7.92. The molecule has 34 heavy (non-hydrogen) atoms. The maximum absolute atomic E-state index is 12.8. The second-order valence-electron chi connectivity index (χ2n) is 8.77. The van der Waals surface area contributed by atoms with Gasteiger partial charge in [-0.1, -0.05) is 11.6 Å². The fraction of sp³-hybridized carbons (Fsp3) is 0.500. The van der Waals surface area contributed by atoms with E-state index in [2.05, 4.69) is 10.00 Å². The standard InChI is InChI=1S/C22H28ClN5O4S2/c1-16-13-27(14-17-7-10-26(11-8-17)20-5-6-21(29)25(2)24-20)22(30)15-28(16)34(31,32)12-9-18-3-4-19(23)33-18/h3-6,9,12,16-17H,7-8,10-11,13-15H2,1-2H3. The van der Waals surface area contributed by atoms with Crippen molar-refractivity contribution in [2.24, 2.45) is 13.0 Å². The van der Waals surface area contributed by atoms with Crippen molar-refractivity contribution in [1.29, 1.82) is 0 Å². The number of sulfonamides is 1. The number of piperazine rings is 1. The lowest BCUT2D eigenvalue weighted by atomic mass is 9.95. The van der Waals surface area contributed by atoms with E-state index in [1.54, 1.807) is 30.1 Å². The van der Waals surface area contributed by atoms with Crippen LogP contribution in [0.15, 0.2) is 34.5 Å². The normalized spacial score (nSPS) is 21.0. The zero-order chi connectivity index (χ0) is 24.5. The molecule has 2 fully saturated rings. The Balaban J connectivity index is 1.32. The highest BCUT2D eigenvalue weighted by Gasteiger charge is 2.36. The van der Waals surface area contributed by atoms with Gasteiger partial charge in [-0.3, -0.25) is 9.59 Å². The zero-order valence-corrected chi connectivity index (χ0v) is 21.5. The summed E-state index contributed by atoms with van der Waals surface area (Å²) in [5.41, 5.74) is -0.140. The van der Waals surface area contributed by atoms with Crippen LogP contribution in [-0.4, -0.2) is 72.1 Å². The first-order valence-electron chi connectivity index (χ1n) is 11.1. The lowest BCUT2D eigenvalue weighted by Crippen LogP contribution is -2.57. The molecule has 2 aliphatic heterocycles. The van der Waals surface area contributed by atoms with Crippen LogP contribution in [0.1, 0.15) is 24.6 Å². The summed E-state index contributed by atoms with van der Waals surface area (Å²) in [4.78, 5) is 29.1. The first-order chi connectivity index (χ1) is 16.1. The Labute approximate surface area is 208 Å². The Morgan fingerprint density at radius 1 is 1.18 bits per heavy atom. The fourth-order valence-electron chi connectivity index (χ4n) is 4.38. The van der Waals surface area contributed by atoms with Crippen molar-refractivity contribution in [1.82, 2.24) is 19.0 Å². The van der Waals surface area contributed by atoms with E-state index in [9.17, 15) is 18.0 Å². The third-order valence-corrected chi connectivity index (χ3v) is 9.13. The largest absolute Gasteiger partial charge is 0.355 e. The van der Waals surface area contributed by atoms with Crippen molar-refractivity contribution in [3.05, 3.63) is 49.2 Å². The first kappa shape index (κ1) is 24.9. The van der Waals surface area contributed by atoms with Crippen LogP contribution >= 0.6 is 22.9 Å². The SMILES string of the molecule is CC1CN(CC2CCN(c3ccc(=O)n(C)n3)CC2)C(=O)CN1S(=O)(=O)C=Cc1ccc(Cl)s1. The predicted molar refractivity (Wildman–Crippen MR) is 134 cm³/mol. The molecule has 12 heteroatoms. The topological polar surface area (TPSA) is 95.8 Å². The molecular weight excluding hydrogens is 498 g/mol. The minimum atomic E-state index is -3.72. The number of aryl methyl sites for hydroxylation is 1. The van der Waals surface area contributed by atoms with E-state index < -0.39 is 10.0 Å². The number of piperidine rings is 1. The number of halogens is 1. The Morgan fingerprint density at radius 3 is 2.56 bits per heavy atom. The van der Waals surface area contributed by atoms with Gasteiger partial charge in [0.25, 0.3) is 5.56 Å². The molecule has 9 nitrogen and oxygen atoms in total. The van der Waals surface area contributed by atoms with E-state index in [4.69, 9.17) is 11.6 Å². The summed E-state index contributed by atoms with van der Waals surface area (Å²) in [6.45, 7) is 4.27. The van der Waals surface area contributed by atoms with E-state index in [1.807, 2.05) is 6.92 Å². The summed E-state index contributed by atoms with van der Waals surface area (Å²) in [6, 6.07) is 6.43. The Kier molecular flexibility index (Phi) is 7.46. The van der Waals surface area contributed by atoms with Crippen LogP contribution in [0, 0.1) is 5.92 Å². The highest BCUT2D eigenvalue weighted by atomic mass is 35.5. The van der Waals surface area contributed by atoms with E-state index in [1.165, 1.54) is 32.5 Å². The van der Waals surface area contributed by atoms with Crippen LogP contribution < -0.4 is 10.5 Å². The number of aromatic nitrogens is 2. The summed E-state index contributed by atoms with van der Waals surface area (Å²) < 4.78 is 28.9. The number of hydrogen-bond donors (Lipinski definition) is 0. The van der Waals surface area contributed by atoms with Gasteiger partial charge in [0.1, 0.15) is 5.82 Å². The van der Waals surface area contributed by atoms with Crippen molar-refractivity contribution >= 4 is 50.8 Å². The second-order valence-corrected chi connectivity index (χ2v) is 12.3. The lowest BCUT2D eigenvalue weighted by molar-refractivity contribution is -0.136. The van der Waals surface area contributed by atoms with Crippen LogP contribution in [0.4, 0.5) is 5.82 Å². The minimum Gasteiger partial charge on any atom is -0.355 e. The number of amides is 1. The van der Waals surface area contributed by atoms with Gasteiger partial charge in [-0.05, 0) is 50.0 Å². The number of rotatable bonds is 6. The zero-order valence-electron chi connectivity index (χ0n) is 19.1. The summed E-state index contributed by atoms with van der Waals surface area (Å²) in [5.74, 6) is 0.949. The van der Waals surface area contributed by atoms with Crippen LogP contribution in [0.2, 0.25) is 4.34 Å². The molecule has 2 saturated heterocycles. The monoisotopic (exact) mass is 525 g/mol.